The number of hydrogen-bond acceptors (Lipinski definition) is 1. The number of nitrogens with zero attached hydrogens (tertiary/aromatic N) is 1. The van der Waals surface area contributed by atoms with Gasteiger partial charge in [-0.1, -0.05) is 30.3 Å². The zero-order valence-electron chi connectivity index (χ0n) is 9.12. The van der Waals surface area contributed by atoms with E-state index in [4.69, 9.17) is 0 Å². The summed E-state index contributed by atoms with van der Waals surface area (Å²) in [6, 6.07) is 7.17. The Morgan fingerprint density at radius 1 is 1.18 bits per heavy atom. The van der Waals surface area contributed by atoms with Crippen molar-refractivity contribution in [3.63, 3.8) is 0 Å². The summed E-state index contributed by atoms with van der Waals surface area (Å²) in [4.78, 5) is 1.17. The molecule has 1 unspecified atom stereocenters. The lowest BCUT2D eigenvalue weighted by atomic mass is 10.1. The van der Waals surface area contributed by atoms with Gasteiger partial charge in [-0.3, -0.25) is 4.90 Å². The molecule has 0 N–H and O–H groups in total. The van der Waals surface area contributed by atoms with Gasteiger partial charge >= 0.3 is 6.18 Å². The Kier molecular flexibility index (Phi) is 3.38. The van der Waals surface area contributed by atoms with Crippen molar-refractivity contribution in [2.45, 2.75) is 31.4 Å². The Hall–Kier alpha value is -1.10. The van der Waals surface area contributed by atoms with Crippen LogP contribution in [0.15, 0.2) is 30.3 Å². The summed E-state index contributed by atoms with van der Waals surface area (Å²) in [7, 11) is 0. The Morgan fingerprint density at radius 2 is 1.82 bits per heavy atom. The highest BCUT2D eigenvalue weighted by molar-refractivity contribution is 5.15. The number of halogens is 4. The lowest BCUT2D eigenvalue weighted by Crippen LogP contribution is -2.40. The van der Waals surface area contributed by atoms with E-state index in [0.717, 1.165) is 5.56 Å². The predicted octanol–water partition coefficient (Wildman–Crippen LogP) is 3.16. The molecule has 17 heavy (non-hydrogen) atoms. The minimum absolute atomic E-state index is 0.140. The molecule has 0 bridgehead atoms. The van der Waals surface area contributed by atoms with E-state index in [1.807, 2.05) is 0 Å². The molecule has 0 aliphatic carbocycles. The third-order valence-electron chi connectivity index (χ3n) is 2.96. The molecule has 1 aromatic rings. The van der Waals surface area contributed by atoms with Crippen LogP contribution in [0.3, 0.4) is 0 Å². The van der Waals surface area contributed by atoms with E-state index >= 15 is 0 Å². The SMILES string of the molecule is FC1C[C@@H](C(F)(F)F)N(Cc2ccccc2)C1. The van der Waals surface area contributed by atoms with Gasteiger partial charge in [0.2, 0.25) is 0 Å². The molecular formula is C12H13F4N. The maximum absolute atomic E-state index is 13.1. The third kappa shape index (κ3) is 2.97. The zero-order valence-corrected chi connectivity index (χ0v) is 9.12. The van der Waals surface area contributed by atoms with Gasteiger partial charge in [0.05, 0.1) is 0 Å². The molecule has 0 spiro atoms. The molecule has 2 rings (SSSR count). The molecule has 94 valence electrons. The maximum atomic E-state index is 13.1. The van der Waals surface area contributed by atoms with Gasteiger partial charge < -0.3 is 0 Å². The molecule has 2 atom stereocenters. The van der Waals surface area contributed by atoms with Crippen molar-refractivity contribution in [3.8, 4) is 0 Å². The van der Waals surface area contributed by atoms with E-state index in [1.54, 1.807) is 30.3 Å². The van der Waals surface area contributed by atoms with Crippen LogP contribution in [0, 0.1) is 0 Å². The third-order valence-corrected chi connectivity index (χ3v) is 2.96. The highest BCUT2D eigenvalue weighted by atomic mass is 19.4. The van der Waals surface area contributed by atoms with Crippen molar-refractivity contribution in [2.75, 3.05) is 6.54 Å². The van der Waals surface area contributed by atoms with E-state index in [0.29, 0.717) is 0 Å². The van der Waals surface area contributed by atoms with Gasteiger partial charge in [0.1, 0.15) is 12.2 Å². The van der Waals surface area contributed by atoms with Crippen LogP contribution >= 0.6 is 0 Å². The van der Waals surface area contributed by atoms with Crippen molar-refractivity contribution in [3.05, 3.63) is 35.9 Å². The summed E-state index contributed by atoms with van der Waals surface area (Å²) in [5.41, 5.74) is 0.774. The number of rotatable bonds is 2. The van der Waals surface area contributed by atoms with Crippen molar-refractivity contribution < 1.29 is 17.6 Å². The lowest BCUT2D eigenvalue weighted by Gasteiger charge is -2.25. The van der Waals surface area contributed by atoms with Gasteiger partial charge in [-0.25, -0.2) is 4.39 Å². The average molecular weight is 247 g/mol. The molecule has 0 amide bonds. The second-order valence-electron chi connectivity index (χ2n) is 4.31. The van der Waals surface area contributed by atoms with Crippen LogP contribution in [0.25, 0.3) is 0 Å². The molecule has 1 saturated heterocycles. The van der Waals surface area contributed by atoms with Crippen LogP contribution in [0.1, 0.15) is 12.0 Å². The van der Waals surface area contributed by atoms with Crippen molar-refractivity contribution in [2.24, 2.45) is 0 Å². The first-order valence-electron chi connectivity index (χ1n) is 5.45. The zero-order chi connectivity index (χ0) is 12.5. The summed E-state index contributed by atoms with van der Waals surface area (Å²) in [6.07, 6.45) is -6.18. The highest BCUT2D eigenvalue weighted by Crippen LogP contribution is 2.34. The van der Waals surface area contributed by atoms with E-state index in [-0.39, 0.29) is 13.1 Å². The molecule has 1 nitrogen and oxygen atoms in total. The molecule has 1 aliphatic rings. The first-order valence-corrected chi connectivity index (χ1v) is 5.45. The molecule has 0 radical (unpaired) electrons. The van der Waals surface area contributed by atoms with Gasteiger partial charge in [0.25, 0.3) is 0 Å². The van der Waals surface area contributed by atoms with E-state index in [1.165, 1.54) is 4.90 Å². The van der Waals surface area contributed by atoms with E-state index in [9.17, 15) is 17.6 Å². The molecule has 1 aromatic carbocycles. The van der Waals surface area contributed by atoms with Crippen molar-refractivity contribution in [1.82, 2.24) is 4.90 Å². The molecule has 1 fully saturated rings. The quantitative estimate of drug-likeness (QED) is 0.725. The Balaban J connectivity index is 2.09. The number of benzene rings is 1. The van der Waals surface area contributed by atoms with Gasteiger partial charge in [-0.15, -0.1) is 0 Å². The molecule has 1 heterocycles. The fraction of sp³-hybridized carbons (Fsp3) is 0.500. The minimum atomic E-state index is -4.35. The van der Waals surface area contributed by atoms with Crippen LogP contribution in [0.4, 0.5) is 17.6 Å². The normalized spacial score (nSPS) is 26.4. The summed E-state index contributed by atoms with van der Waals surface area (Å²) in [5, 5.41) is 0. The Labute approximate surface area is 97.0 Å². The van der Waals surface area contributed by atoms with Crippen LogP contribution < -0.4 is 0 Å². The van der Waals surface area contributed by atoms with E-state index < -0.39 is 24.8 Å². The van der Waals surface area contributed by atoms with Gasteiger partial charge in [0, 0.05) is 19.5 Å². The molecule has 5 heteroatoms. The molecule has 0 aromatic heterocycles. The highest BCUT2D eigenvalue weighted by Gasteiger charge is 2.49. The molecular weight excluding hydrogens is 234 g/mol. The molecule has 0 saturated carbocycles. The largest absolute Gasteiger partial charge is 0.404 e. The summed E-state index contributed by atoms with van der Waals surface area (Å²) in [6.45, 7) is 0.00447. The first kappa shape index (κ1) is 12.4. The maximum Gasteiger partial charge on any atom is 0.404 e. The number of alkyl halides is 4. The van der Waals surface area contributed by atoms with Gasteiger partial charge in [0.15, 0.2) is 0 Å². The standard InChI is InChI=1S/C12H13F4N/c13-10-6-11(12(14,15)16)17(8-10)7-9-4-2-1-3-5-9/h1-5,10-11H,6-8H2/t10?,11-/m0/s1. The van der Waals surface area contributed by atoms with Crippen molar-refractivity contribution >= 4 is 0 Å². The second-order valence-corrected chi connectivity index (χ2v) is 4.31. The van der Waals surface area contributed by atoms with Gasteiger partial charge in [-0.05, 0) is 5.56 Å². The number of hydrogen-bond donors (Lipinski definition) is 0. The monoisotopic (exact) mass is 247 g/mol. The Morgan fingerprint density at radius 3 is 2.41 bits per heavy atom. The summed E-state index contributed by atoms with van der Waals surface area (Å²) in [5.74, 6) is 0. The number of likely N-dealkylation sites (tertiary alicyclic amines) is 1. The van der Waals surface area contributed by atoms with Crippen LogP contribution in [0.5, 0.6) is 0 Å². The average Bonchev–Trinajstić information content (AvgIpc) is 2.60. The van der Waals surface area contributed by atoms with Crippen LogP contribution in [-0.2, 0) is 6.54 Å². The van der Waals surface area contributed by atoms with Crippen molar-refractivity contribution in [1.29, 1.82) is 0 Å². The smallest absolute Gasteiger partial charge is 0.285 e. The summed E-state index contributed by atoms with van der Waals surface area (Å²) < 4.78 is 51.2. The minimum Gasteiger partial charge on any atom is -0.285 e. The fourth-order valence-electron chi connectivity index (χ4n) is 2.18. The predicted molar refractivity (Wildman–Crippen MR) is 56.2 cm³/mol. The Bertz CT molecular complexity index is 363. The topological polar surface area (TPSA) is 3.24 Å². The van der Waals surface area contributed by atoms with Gasteiger partial charge in [-0.2, -0.15) is 13.2 Å². The summed E-state index contributed by atoms with van der Waals surface area (Å²) >= 11 is 0. The van der Waals surface area contributed by atoms with Crippen LogP contribution in [0.2, 0.25) is 0 Å². The fourth-order valence-corrected chi connectivity index (χ4v) is 2.18. The van der Waals surface area contributed by atoms with Crippen LogP contribution in [-0.4, -0.2) is 29.8 Å². The lowest BCUT2D eigenvalue weighted by molar-refractivity contribution is -0.177. The molecule has 1 aliphatic heterocycles. The first-order chi connectivity index (χ1) is 7.97. The van der Waals surface area contributed by atoms with E-state index in [2.05, 4.69) is 0 Å². The second kappa shape index (κ2) is 4.64.